The molecule has 0 rings (SSSR count). The van der Waals surface area contributed by atoms with Crippen LogP contribution < -0.4 is 0 Å². The molecule has 0 saturated heterocycles. The van der Waals surface area contributed by atoms with Crippen LogP contribution in [0.2, 0.25) is 0 Å². The monoisotopic (exact) mass is 498 g/mol. The fraction of sp³-hybridized carbons (Fsp3) is 0.909. The molecule has 0 aromatic carbocycles. The van der Waals surface area contributed by atoms with Crippen LogP contribution in [-0.4, -0.2) is 53.2 Å². The van der Waals surface area contributed by atoms with Gasteiger partial charge in [-0.05, 0) is 6.92 Å². The Bertz CT molecular complexity index is 543. The maximum Gasteiger partial charge on any atom is 0.460 e. The molecule has 0 aliphatic heterocycles. The smallest absolute Gasteiger partial charge is 0.460 e. The summed E-state index contributed by atoms with van der Waals surface area (Å²) in [5.74, 6) is -39.1. The molecule has 1 unspecified atom stereocenters. The Hall–Kier alpha value is -0.960. The Morgan fingerprint density at radius 1 is 0.778 bits per heavy atom. The first-order valence-electron chi connectivity index (χ1n) is 6.38. The van der Waals surface area contributed by atoms with E-state index < -0.39 is 59.6 Å². The first-order valence-corrected chi connectivity index (χ1v) is 7.30. The standard InChI is InChI=1S/C11H8BrF13O2/c1-2-27-5(26)4(12)3-6(13,14)7(15,16)8(17,18)9(19,20)10(21,22)11(23,24)25/h4H,2-3H2,1H3. The molecule has 0 fully saturated rings. The molecule has 16 heteroatoms. The Kier molecular flexibility index (Phi) is 7.20. The third-order valence-electron chi connectivity index (χ3n) is 2.98. The fourth-order valence-corrected chi connectivity index (χ4v) is 2.01. The number of alkyl halides is 14. The van der Waals surface area contributed by atoms with Crippen LogP contribution in [0.25, 0.3) is 0 Å². The number of hydrogen-bond acceptors (Lipinski definition) is 2. The van der Waals surface area contributed by atoms with Crippen LogP contribution in [0.15, 0.2) is 0 Å². The second-order valence-corrected chi connectivity index (χ2v) is 6.03. The van der Waals surface area contributed by atoms with Crippen LogP contribution in [0.5, 0.6) is 0 Å². The van der Waals surface area contributed by atoms with Gasteiger partial charge in [-0.25, -0.2) is 0 Å². The minimum atomic E-state index is -7.96. The Labute approximate surface area is 150 Å². The zero-order chi connectivity index (χ0) is 22.3. The van der Waals surface area contributed by atoms with Crippen LogP contribution in [0.4, 0.5) is 57.1 Å². The normalized spacial score (nSPS) is 16.3. The third kappa shape index (κ3) is 4.23. The molecule has 0 aliphatic rings. The lowest BCUT2D eigenvalue weighted by atomic mass is 9.92. The topological polar surface area (TPSA) is 26.3 Å². The predicted molar refractivity (Wildman–Crippen MR) is 64.8 cm³/mol. The van der Waals surface area contributed by atoms with E-state index in [1.165, 1.54) is 0 Å². The van der Waals surface area contributed by atoms with E-state index in [4.69, 9.17) is 0 Å². The Morgan fingerprint density at radius 3 is 1.48 bits per heavy atom. The van der Waals surface area contributed by atoms with Gasteiger partial charge in [0.1, 0.15) is 4.83 Å². The number of hydrogen-bond donors (Lipinski definition) is 0. The molecule has 0 heterocycles. The molecule has 0 amide bonds. The minimum Gasteiger partial charge on any atom is -0.465 e. The Balaban J connectivity index is 6.05. The highest BCUT2D eigenvalue weighted by Crippen LogP contribution is 2.60. The number of carbonyl (C=O) groups is 1. The number of rotatable bonds is 8. The summed E-state index contributed by atoms with van der Waals surface area (Å²) in [5.41, 5.74) is 0. The van der Waals surface area contributed by atoms with Gasteiger partial charge in [0.15, 0.2) is 0 Å². The van der Waals surface area contributed by atoms with Gasteiger partial charge < -0.3 is 4.74 Å². The molecule has 2 nitrogen and oxygen atoms in total. The lowest BCUT2D eigenvalue weighted by Crippen LogP contribution is -2.70. The highest BCUT2D eigenvalue weighted by atomic mass is 79.9. The van der Waals surface area contributed by atoms with Crippen LogP contribution in [0.1, 0.15) is 13.3 Å². The highest BCUT2D eigenvalue weighted by Gasteiger charge is 2.90. The quantitative estimate of drug-likeness (QED) is 0.253. The van der Waals surface area contributed by atoms with E-state index in [0.717, 1.165) is 6.92 Å². The molecule has 0 spiro atoms. The fourth-order valence-electron chi connectivity index (χ4n) is 1.47. The lowest BCUT2D eigenvalue weighted by Gasteiger charge is -2.40. The molecule has 0 saturated carbocycles. The molecule has 0 N–H and O–H groups in total. The summed E-state index contributed by atoms with van der Waals surface area (Å²) < 4.78 is 171. The van der Waals surface area contributed by atoms with Crippen molar-refractivity contribution < 1.29 is 66.6 Å². The maximum absolute atomic E-state index is 13.4. The molecule has 0 aliphatic carbocycles. The first kappa shape index (κ1) is 26.0. The SMILES string of the molecule is CCOC(=O)C(Br)CC(F)(F)C(F)(F)C(F)(F)C(F)(F)C(F)(F)C(F)(F)F. The highest BCUT2D eigenvalue weighted by molar-refractivity contribution is 9.10. The van der Waals surface area contributed by atoms with Gasteiger partial charge in [-0.2, -0.15) is 57.1 Å². The summed E-state index contributed by atoms with van der Waals surface area (Å²) in [6, 6.07) is 0. The summed E-state index contributed by atoms with van der Waals surface area (Å²) in [6.45, 7) is 0.604. The summed E-state index contributed by atoms with van der Waals surface area (Å²) in [6.07, 6.45) is -10.1. The summed E-state index contributed by atoms with van der Waals surface area (Å²) in [5, 5.41) is 0. The van der Waals surface area contributed by atoms with Crippen molar-refractivity contribution in [3.63, 3.8) is 0 Å². The molecule has 0 aromatic rings. The van der Waals surface area contributed by atoms with E-state index in [1.807, 2.05) is 15.9 Å². The van der Waals surface area contributed by atoms with Gasteiger partial charge in [-0.3, -0.25) is 4.79 Å². The maximum atomic E-state index is 13.4. The van der Waals surface area contributed by atoms with Crippen molar-refractivity contribution in [3.05, 3.63) is 0 Å². The van der Waals surface area contributed by atoms with Crippen LogP contribution in [-0.2, 0) is 9.53 Å². The van der Waals surface area contributed by atoms with Gasteiger partial charge in [0, 0.05) is 6.42 Å². The van der Waals surface area contributed by atoms with Gasteiger partial charge in [0.25, 0.3) is 0 Å². The number of esters is 1. The average Bonchev–Trinajstić information content (AvgIpc) is 2.44. The first-order chi connectivity index (χ1) is 11.6. The number of ether oxygens (including phenoxy) is 1. The van der Waals surface area contributed by atoms with E-state index in [-0.39, 0.29) is 0 Å². The van der Waals surface area contributed by atoms with Crippen molar-refractivity contribution >= 4 is 21.9 Å². The molecule has 1 atom stereocenters. The average molecular weight is 499 g/mol. The van der Waals surface area contributed by atoms with Crippen molar-refractivity contribution in [2.24, 2.45) is 0 Å². The van der Waals surface area contributed by atoms with Crippen molar-refractivity contribution in [3.8, 4) is 0 Å². The van der Waals surface area contributed by atoms with Crippen LogP contribution >= 0.6 is 15.9 Å². The van der Waals surface area contributed by atoms with Crippen molar-refractivity contribution in [2.45, 2.75) is 54.0 Å². The molecular weight excluding hydrogens is 491 g/mol. The summed E-state index contributed by atoms with van der Waals surface area (Å²) in [4.78, 5) is 8.54. The van der Waals surface area contributed by atoms with Gasteiger partial charge in [-0.1, -0.05) is 15.9 Å². The van der Waals surface area contributed by atoms with E-state index in [9.17, 15) is 61.9 Å². The van der Waals surface area contributed by atoms with Gasteiger partial charge in [0.2, 0.25) is 0 Å². The second-order valence-electron chi connectivity index (χ2n) is 4.92. The second kappa shape index (κ2) is 7.46. The van der Waals surface area contributed by atoms with Gasteiger partial charge >= 0.3 is 41.8 Å². The lowest BCUT2D eigenvalue weighted by molar-refractivity contribution is -0.440. The van der Waals surface area contributed by atoms with Gasteiger partial charge in [-0.15, -0.1) is 0 Å². The van der Waals surface area contributed by atoms with E-state index in [1.54, 1.807) is 0 Å². The van der Waals surface area contributed by atoms with E-state index >= 15 is 0 Å². The number of carbonyl (C=O) groups excluding carboxylic acids is 1. The zero-order valence-electron chi connectivity index (χ0n) is 12.6. The molecule has 0 aromatic heterocycles. The molecule has 162 valence electrons. The van der Waals surface area contributed by atoms with Crippen molar-refractivity contribution in [1.82, 2.24) is 0 Å². The Morgan fingerprint density at radius 2 is 1.15 bits per heavy atom. The van der Waals surface area contributed by atoms with Crippen LogP contribution in [0, 0.1) is 0 Å². The van der Waals surface area contributed by atoms with Gasteiger partial charge in [0.05, 0.1) is 6.61 Å². The molecule has 0 radical (unpaired) electrons. The minimum absolute atomic E-state index is 0.505. The summed E-state index contributed by atoms with van der Waals surface area (Å²) in [7, 11) is 0. The zero-order valence-corrected chi connectivity index (χ0v) is 14.2. The number of halogens is 14. The largest absolute Gasteiger partial charge is 0.465 e. The van der Waals surface area contributed by atoms with E-state index in [0.29, 0.717) is 0 Å². The molecular formula is C11H8BrF13O2. The van der Waals surface area contributed by atoms with Crippen molar-refractivity contribution in [2.75, 3.05) is 6.61 Å². The third-order valence-corrected chi connectivity index (χ3v) is 3.67. The summed E-state index contributed by atoms with van der Waals surface area (Å²) >= 11 is 2.01. The molecule has 27 heavy (non-hydrogen) atoms. The van der Waals surface area contributed by atoms with Crippen LogP contribution in [0.3, 0.4) is 0 Å². The molecule has 0 bridgehead atoms. The van der Waals surface area contributed by atoms with E-state index in [2.05, 4.69) is 4.74 Å². The predicted octanol–water partition coefficient (Wildman–Crippen LogP) is 5.44. The van der Waals surface area contributed by atoms with Crippen molar-refractivity contribution in [1.29, 1.82) is 0 Å².